The molecule has 3 heteroatoms. The van der Waals surface area contributed by atoms with Crippen molar-refractivity contribution in [3.05, 3.63) is 35.9 Å². The van der Waals surface area contributed by atoms with Gasteiger partial charge in [0.05, 0.1) is 5.56 Å². The number of ether oxygens (including phenoxy) is 1. The van der Waals surface area contributed by atoms with Crippen LogP contribution in [-0.2, 0) is 4.74 Å². The lowest BCUT2D eigenvalue weighted by Crippen LogP contribution is -2.54. The third-order valence-corrected chi connectivity index (χ3v) is 4.24. The first-order valence-electron chi connectivity index (χ1n) is 6.95. The molecule has 0 bridgehead atoms. The molecule has 0 unspecified atom stereocenters. The summed E-state index contributed by atoms with van der Waals surface area (Å²) in [4.78, 5) is 14.5. The third kappa shape index (κ3) is 2.71. The number of hydrogen-bond acceptors (Lipinski definition) is 3. The third-order valence-electron chi connectivity index (χ3n) is 4.24. The molecule has 0 saturated carbocycles. The highest BCUT2D eigenvalue weighted by Gasteiger charge is 2.44. The zero-order valence-electron chi connectivity index (χ0n) is 12.3. The Morgan fingerprint density at radius 3 is 2.65 bits per heavy atom. The molecular formula is C17H21NO2. The fraction of sp³-hybridized carbons (Fsp3) is 0.471. The van der Waals surface area contributed by atoms with Gasteiger partial charge in [-0.05, 0) is 26.1 Å². The van der Waals surface area contributed by atoms with E-state index in [4.69, 9.17) is 11.2 Å². The Morgan fingerprint density at radius 1 is 1.40 bits per heavy atom. The number of benzene rings is 1. The van der Waals surface area contributed by atoms with E-state index < -0.39 is 5.60 Å². The van der Waals surface area contributed by atoms with Crippen molar-refractivity contribution in [3.8, 4) is 12.3 Å². The predicted molar refractivity (Wildman–Crippen MR) is 79.3 cm³/mol. The average Bonchev–Trinajstić information content (AvgIpc) is 2.45. The second-order valence-corrected chi connectivity index (χ2v) is 5.68. The maximum absolute atomic E-state index is 12.3. The Hall–Kier alpha value is -1.79. The number of esters is 1. The van der Waals surface area contributed by atoms with E-state index >= 15 is 0 Å². The summed E-state index contributed by atoms with van der Waals surface area (Å²) in [5, 5.41) is 0. The van der Waals surface area contributed by atoms with E-state index in [9.17, 15) is 4.79 Å². The summed E-state index contributed by atoms with van der Waals surface area (Å²) >= 11 is 0. The molecule has 0 aliphatic carbocycles. The molecule has 1 saturated heterocycles. The Morgan fingerprint density at radius 2 is 2.05 bits per heavy atom. The summed E-state index contributed by atoms with van der Waals surface area (Å²) in [6.07, 6.45) is 6.38. The molecule has 0 aromatic heterocycles. The Balaban J connectivity index is 2.20. The van der Waals surface area contributed by atoms with Crippen LogP contribution in [0, 0.1) is 18.3 Å². The maximum Gasteiger partial charge on any atom is 0.339 e. The van der Waals surface area contributed by atoms with Crippen molar-refractivity contribution in [3.63, 3.8) is 0 Å². The SMILES string of the molecule is C#C[C@@]1(OC(=O)c2ccccc2)C[C@@H](C)N(C)C[C@H]1C. The smallest absolute Gasteiger partial charge is 0.339 e. The molecule has 1 aromatic rings. The number of nitrogens with zero attached hydrogens (tertiary/aromatic N) is 1. The first kappa shape index (κ1) is 14.6. The van der Waals surface area contributed by atoms with Crippen molar-refractivity contribution >= 4 is 5.97 Å². The summed E-state index contributed by atoms with van der Waals surface area (Å²) in [5.74, 6) is 2.52. The fourth-order valence-corrected chi connectivity index (χ4v) is 2.73. The van der Waals surface area contributed by atoms with Crippen molar-refractivity contribution in [2.24, 2.45) is 5.92 Å². The first-order chi connectivity index (χ1) is 9.48. The van der Waals surface area contributed by atoms with Gasteiger partial charge in [0.2, 0.25) is 0 Å². The van der Waals surface area contributed by atoms with E-state index in [2.05, 4.69) is 24.8 Å². The highest BCUT2D eigenvalue weighted by molar-refractivity contribution is 5.89. The van der Waals surface area contributed by atoms with Crippen LogP contribution in [0.3, 0.4) is 0 Å². The van der Waals surface area contributed by atoms with Gasteiger partial charge in [0.1, 0.15) is 0 Å². The van der Waals surface area contributed by atoms with Crippen molar-refractivity contribution in [2.45, 2.75) is 31.9 Å². The molecule has 1 aliphatic rings. The van der Waals surface area contributed by atoms with Gasteiger partial charge in [-0.25, -0.2) is 4.79 Å². The molecule has 0 N–H and O–H groups in total. The summed E-state index contributed by atoms with van der Waals surface area (Å²) in [5.41, 5.74) is -0.264. The summed E-state index contributed by atoms with van der Waals surface area (Å²) < 4.78 is 5.74. The van der Waals surface area contributed by atoms with Crippen LogP contribution in [0.15, 0.2) is 30.3 Å². The lowest BCUT2D eigenvalue weighted by atomic mass is 9.79. The molecule has 3 atom stereocenters. The van der Waals surface area contributed by atoms with Crippen LogP contribution in [0.2, 0.25) is 0 Å². The molecule has 3 nitrogen and oxygen atoms in total. The largest absolute Gasteiger partial charge is 0.442 e. The van der Waals surface area contributed by atoms with Gasteiger partial charge < -0.3 is 9.64 Å². The van der Waals surface area contributed by atoms with E-state index in [-0.39, 0.29) is 11.9 Å². The topological polar surface area (TPSA) is 29.5 Å². The van der Waals surface area contributed by atoms with Crippen molar-refractivity contribution in [1.29, 1.82) is 0 Å². The van der Waals surface area contributed by atoms with E-state index in [0.29, 0.717) is 18.0 Å². The first-order valence-corrected chi connectivity index (χ1v) is 6.95. The summed E-state index contributed by atoms with van der Waals surface area (Å²) in [6.45, 7) is 4.97. The van der Waals surface area contributed by atoms with Crippen LogP contribution in [0.25, 0.3) is 0 Å². The molecule has 2 rings (SSSR count). The average molecular weight is 271 g/mol. The maximum atomic E-state index is 12.3. The molecular weight excluding hydrogens is 250 g/mol. The van der Waals surface area contributed by atoms with Crippen molar-refractivity contribution in [2.75, 3.05) is 13.6 Å². The highest BCUT2D eigenvalue weighted by atomic mass is 16.6. The molecule has 0 spiro atoms. The van der Waals surface area contributed by atoms with Gasteiger partial charge in [-0.2, -0.15) is 0 Å². The predicted octanol–water partition coefficient (Wildman–Crippen LogP) is 2.58. The minimum Gasteiger partial charge on any atom is -0.442 e. The van der Waals surface area contributed by atoms with E-state index in [1.54, 1.807) is 12.1 Å². The van der Waals surface area contributed by atoms with Gasteiger partial charge in [0, 0.05) is 24.9 Å². The number of carbonyl (C=O) groups is 1. The normalized spacial score (nSPS) is 30.5. The van der Waals surface area contributed by atoms with Crippen LogP contribution < -0.4 is 0 Å². The highest BCUT2D eigenvalue weighted by Crippen LogP contribution is 2.34. The van der Waals surface area contributed by atoms with Gasteiger partial charge in [0.25, 0.3) is 0 Å². The quantitative estimate of drug-likeness (QED) is 0.611. The van der Waals surface area contributed by atoms with Crippen molar-refractivity contribution in [1.82, 2.24) is 4.90 Å². The Labute approximate surface area is 120 Å². The van der Waals surface area contributed by atoms with Crippen molar-refractivity contribution < 1.29 is 9.53 Å². The number of hydrogen-bond donors (Lipinski definition) is 0. The Bertz CT molecular complexity index is 520. The molecule has 0 radical (unpaired) electrons. The number of likely N-dealkylation sites (tertiary alicyclic amines) is 1. The molecule has 1 heterocycles. The van der Waals surface area contributed by atoms with Crippen LogP contribution in [0.1, 0.15) is 30.6 Å². The minimum absolute atomic E-state index is 0.112. The molecule has 0 amide bonds. The monoisotopic (exact) mass is 271 g/mol. The second-order valence-electron chi connectivity index (χ2n) is 5.68. The molecule has 106 valence electrons. The summed E-state index contributed by atoms with van der Waals surface area (Å²) in [6, 6.07) is 9.30. The lowest BCUT2D eigenvalue weighted by Gasteiger charge is -2.45. The number of piperidine rings is 1. The standard InChI is InChI=1S/C17H21NO2/c1-5-17(11-14(3)18(4)12-13(17)2)20-16(19)15-9-7-6-8-10-15/h1,6-10,13-14H,11-12H2,2-4H3/t13-,14-,17-/m1/s1. The van der Waals surface area contributed by atoms with Crippen LogP contribution >= 0.6 is 0 Å². The zero-order valence-corrected chi connectivity index (χ0v) is 12.3. The van der Waals surface area contributed by atoms with E-state index in [0.717, 1.165) is 6.54 Å². The van der Waals surface area contributed by atoms with E-state index in [1.807, 2.05) is 25.1 Å². The number of carbonyl (C=O) groups excluding carboxylic acids is 1. The molecule has 1 aliphatic heterocycles. The lowest BCUT2D eigenvalue weighted by molar-refractivity contribution is -0.0582. The number of terminal acetylenes is 1. The molecule has 20 heavy (non-hydrogen) atoms. The second kappa shape index (κ2) is 5.68. The summed E-state index contributed by atoms with van der Waals surface area (Å²) in [7, 11) is 2.07. The van der Waals surface area contributed by atoms with Gasteiger partial charge in [-0.1, -0.05) is 31.0 Å². The van der Waals surface area contributed by atoms with Gasteiger partial charge >= 0.3 is 5.97 Å². The number of rotatable bonds is 2. The van der Waals surface area contributed by atoms with Gasteiger partial charge in [0.15, 0.2) is 5.60 Å². The molecule has 1 fully saturated rings. The van der Waals surface area contributed by atoms with Crippen LogP contribution in [-0.4, -0.2) is 36.1 Å². The minimum atomic E-state index is -0.807. The van der Waals surface area contributed by atoms with Crippen LogP contribution in [0.4, 0.5) is 0 Å². The fourth-order valence-electron chi connectivity index (χ4n) is 2.73. The Kier molecular flexibility index (Phi) is 4.15. The zero-order chi connectivity index (χ0) is 14.8. The van der Waals surface area contributed by atoms with Crippen LogP contribution in [0.5, 0.6) is 0 Å². The van der Waals surface area contributed by atoms with Gasteiger partial charge in [-0.3, -0.25) is 0 Å². The van der Waals surface area contributed by atoms with Gasteiger partial charge in [-0.15, -0.1) is 6.42 Å². The van der Waals surface area contributed by atoms with E-state index in [1.165, 1.54) is 0 Å². The molecule has 1 aromatic carbocycles.